The number of alkyl halides is 3. The van der Waals surface area contributed by atoms with Crippen molar-refractivity contribution >= 4 is 41.5 Å². The second kappa shape index (κ2) is 10.6. The van der Waals surface area contributed by atoms with E-state index >= 15 is 0 Å². The summed E-state index contributed by atoms with van der Waals surface area (Å²) in [6.07, 6.45) is -4.38. The van der Waals surface area contributed by atoms with Gasteiger partial charge in [-0.15, -0.1) is 24.0 Å². The molecule has 0 radical (unpaired) electrons. The maximum absolute atomic E-state index is 12.8. The van der Waals surface area contributed by atoms with Gasteiger partial charge in [0.2, 0.25) is 11.7 Å². The molecule has 0 atom stereocenters. The van der Waals surface area contributed by atoms with Crippen LogP contribution < -0.4 is 10.6 Å². The normalized spacial score (nSPS) is 11.7. The van der Waals surface area contributed by atoms with Crippen LogP contribution in [0, 0.1) is 0 Å². The Morgan fingerprint density at radius 2 is 1.80 bits per heavy atom. The summed E-state index contributed by atoms with van der Waals surface area (Å²) in [5.74, 6) is 1.14. The van der Waals surface area contributed by atoms with E-state index < -0.39 is 11.7 Å². The van der Waals surface area contributed by atoms with E-state index in [0.717, 1.165) is 17.7 Å². The quantitative estimate of drug-likeness (QED) is 0.268. The van der Waals surface area contributed by atoms with E-state index in [1.54, 1.807) is 37.4 Å². The molecule has 0 bridgehead atoms. The fraction of sp³-hybridized carbons (Fsp3) is 0.211. The van der Waals surface area contributed by atoms with Gasteiger partial charge in [-0.3, -0.25) is 4.99 Å². The van der Waals surface area contributed by atoms with Crippen LogP contribution in [0.25, 0.3) is 11.4 Å². The second-order valence-corrected chi connectivity index (χ2v) is 6.43. The van der Waals surface area contributed by atoms with Crippen LogP contribution in [0.5, 0.6) is 0 Å². The highest BCUT2D eigenvalue weighted by Crippen LogP contribution is 2.29. The number of nitrogens with zero attached hydrogens (tertiary/aromatic N) is 3. The topological polar surface area (TPSA) is 75.3 Å². The van der Waals surface area contributed by atoms with Crippen LogP contribution in [0.3, 0.4) is 0 Å². The summed E-state index contributed by atoms with van der Waals surface area (Å²) in [5.41, 5.74) is 0.544. The largest absolute Gasteiger partial charge is 0.416 e. The molecule has 11 heteroatoms. The van der Waals surface area contributed by atoms with Crippen LogP contribution in [-0.4, -0.2) is 23.1 Å². The Hall–Kier alpha value is -2.34. The molecule has 160 valence electrons. The summed E-state index contributed by atoms with van der Waals surface area (Å²) in [6.45, 7) is 0.367. The molecular formula is C19H18ClF3IN5O. The molecule has 0 unspecified atom stereocenters. The highest BCUT2D eigenvalue weighted by atomic mass is 127. The summed E-state index contributed by atoms with van der Waals surface area (Å²) >= 11 is 5.86. The number of nitrogens with one attached hydrogen (secondary N) is 2. The Kier molecular flexibility index (Phi) is 8.47. The first-order chi connectivity index (χ1) is 13.8. The minimum absolute atomic E-state index is 0. The molecule has 2 N–H and O–H groups in total. The van der Waals surface area contributed by atoms with E-state index in [9.17, 15) is 13.2 Å². The van der Waals surface area contributed by atoms with Gasteiger partial charge >= 0.3 is 6.18 Å². The third-order valence-electron chi connectivity index (χ3n) is 3.92. The summed E-state index contributed by atoms with van der Waals surface area (Å²) in [6, 6.07) is 12.1. The molecule has 0 aliphatic heterocycles. The molecule has 0 amide bonds. The van der Waals surface area contributed by atoms with Gasteiger partial charge in [0.05, 0.1) is 12.1 Å². The van der Waals surface area contributed by atoms with Crippen molar-refractivity contribution in [2.24, 2.45) is 4.99 Å². The second-order valence-electron chi connectivity index (χ2n) is 6.00. The third-order valence-corrected chi connectivity index (χ3v) is 4.17. The fourth-order valence-electron chi connectivity index (χ4n) is 2.47. The zero-order valence-corrected chi connectivity index (χ0v) is 18.8. The Balaban J connectivity index is 0.00000320. The van der Waals surface area contributed by atoms with Gasteiger partial charge in [0, 0.05) is 24.2 Å². The number of hydrogen-bond donors (Lipinski definition) is 2. The summed E-state index contributed by atoms with van der Waals surface area (Å²) in [4.78, 5) is 8.31. The number of halogens is 5. The molecule has 3 rings (SSSR count). The van der Waals surface area contributed by atoms with Crippen molar-refractivity contribution in [2.75, 3.05) is 7.05 Å². The van der Waals surface area contributed by atoms with E-state index in [1.165, 1.54) is 6.07 Å². The van der Waals surface area contributed by atoms with Crippen LogP contribution in [0.2, 0.25) is 5.02 Å². The van der Waals surface area contributed by atoms with Crippen molar-refractivity contribution in [3.63, 3.8) is 0 Å². The molecule has 30 heavy (non-hydrogen) atoms. The zero-order chi connectivity index (χ0) is 20.9. The van der Waals surface area contributed by atoms with E-state index in [1.807, 2.05) is 0 Å². The van der Waals surface area contributed by atoms with Crippen molar-refractivity contribution in [3.05, 3.63) is 70.6 Å². The van der Waals surface area contributed by atoms with Gasteiger partial charge in [0.1, 0.15) is 0 Å². The molecule has 0 saturated carbocycles. The number of benzene rings is 2. The van der Waals surface area contributed by atoms with E-state index in [0.29, 0.717) is 28.3 Å². The lowest BCUT2D eigenvalue weighted by molar-refractivity contribution is -0.137. The first-order valence-corrected chi connectivity index (χ1v) is 8.92. The van der Waals surface area contributed by atoms with Gasteiger partial charge in [0.25, 0.3) is 0 Å². The van der Waals surface area contributed by atoms with Crippen LogP contribution in [0.15, 0.2) is 58.0 Å². The average molecular weight is 552 g/mol. The van der Waals surface area contributed by atoms with Crippen molar-refractivity contribution in [2.45, 2.75) is 19.3 Å². The molecule has 3 aromatic rings. The van der Waals surface area contributed by atoms with Crippen molar-refractivity contribution < 1.29 is 17.7 Å². The SMILES string of the molecule is CN=C(NCc1cccc(C(F)(F)F)c1)NCc1nc(-c2ccc(Cl)cc2)no1.I. The molecule has 2 aromatic carbocycles. The number of guanidine groups is 1. The standard InChI is InChI=1S/C19H17ClF3N5O.HI/c1-24-18(25-10-12-3-2-4-14(9-12)19(21,22)23)26-11-16-27-17(28-29-16)13-5-7-15(20)8-6-13;/h2-9H,10-11H2,1H3,(H2,24,25,26);1H. The van der Waals surface area contributed by atoms with E-state index in [4.69, 9.17) is 16.1 Å². The number of rotatable bonds is 5. The van der Waals surface area contributed by atoms with Gasteiger partial charge in [-0.1, -0.05) is 28.9 Å². The monoisotopic (exact) mass is 551 g/mol. The van der Waals surface area contributed by atoms with Gasteiger partial charge in [-0.25, -0.2) is 0 Å². The first-order valence-electron chi connectivity index (χ1n) is 8.54. The third kappa shape index (κ3) is 6.59. The molecule has 6 nitrogen and oxygen atoms in total. The van der Waals surface area contributed by atoms with Crippen LogP contribution in [-0.2, 0) is 19.3 Å². The van der Waals surface area contributed by atoms with Crippen LogP contribution in [0.4, 0.5) is 13.2 Å². The average Bonchev–Trinajstić information content (AvgIpc) is 3.17. The molecule has 0 aliphatic rings. The lowest BCUT2D eigenvalue weighted by Crippen LogP contribution is -2.36. The molecule has 0 saturated heterocycles. The number of hydrogen-bond acceptors (Lipinski definition) is 4. The van der Waals surface area contributed by atoms with E-state index in [-0.39, 0.29) is 37.1 Å². The lowest BCUT2D eigenvalue weighted by Gasteiger charge is -2.12. The first kappa shape index (κ1) is 23.9. The fourth-order valence-corrected chi connectivity index (χ4v) is 2.59. The van der Waals surface area contributed by atoms with Gasteiger partial charge < -0.3 is 15.2 Å². The molecule has 0 spiro atoms. The molecular weight excluding hydrogens is 534 g/mol. The van der Waals surface area contributed by atoms with E-state index in [2.05, 4.69) is 25.8 Å². The minimum atomic E-state index is -4.38. The molecule has 1 aromatic heterocycles. The number of aliphatic imine (C=N–C) groups is 1. The predicted octanol–water partition coefficient (Wildman–Crippen LogP) is 4.89. The van der Waals surface area contributed by atoms with Crippen LogP contribution in [0.1, 0.15) is 17.0 Å². The molecule has 0 fully saturated rings. The molecule has 0 aliphatic carbocycles. The maximum atomic E-state index is 12.8. The Morgan fingerprint density at radius 3 is 2.47 bits per heavy atom. The number of aromatic nitrogens is 2. The smallest absolute Gasteiger partial charge is 0.352 e. The molecule has 1 heterocycles. The highest BCUT2D eigenvalue weighted by molar-refractivity contribution is 14.0. The zero-order valence-electron chi connectivity index (χ0n) is 15.7. The maximum Gasteiger partial charge on any atom is 0.416 e. The van der Waals surface area contributed by atoms with Crippen LogP contribution >= 0.6 is 35.6 Å². The Morgan fingerprint density at radius 1 is 1.10 bits per heavy atom. The van der Waals surface area contributed by atoms with Gasteiger partial charge in [-0.05, 0) is 42.0 Å². The Labute approximate surface area is 192 Å². The van der Waals surface area contributed by atoms with Gasteiger partial charge in [-0.2, -0.15) is 18.2 Å². The Bertz CT molecular complexity index is 992. The van der Waals surface area contributed by atoms with Crippen molar-refractivity contribution in [1.29, 1.82) is 0 Å². The minimum Gasteiger partial charge on any atom is -0.352 e. The van der Waals surface area contributed by atoms with Crippen molar-refractivity contribution in [3.8, 4) is 11.4 Å². The summed E-state index contributed by atoms with van der Waals surface area (Å²) in [5, 5.41) is 10.4. The summed E-state index contributed by atoms with van der Waals surface area (Å²) in [7, 11) is 1.55. The highest BCUT2D eigenvalue weighted by Gasteiger charge is 2.30. The predicted molar refractivity (Wildman–Crippen MR) is 119 cm³/mol. The summed E-state index contributed by atoms with van der Waals surface area (Å²) < 4.78 is 43.6. The van der Waals surface area contributed by atoms with Gasteiger partial charge in [0.15, 0.2) is 5.96 Å². The lowest BCUT2D eigenvalue weighted by atomic mass is 10.1. The van der Waals surface area contributed by atoms with Crippen molar-refractivity contribution in [1.82, 2.24) is 20.8 Å².